The molecule has 0 fully saturated rings. The fourth-order valence-electron chi connectivity index (χ4n) is 3.25. The SMILES string of the molecule is CCN(CC)CCNC(=O)CN1C(=O)C(=Cc2ccccc2F)Sc2ccccc21. The summed E-state index contributed by atoms with van der Waals surface area (Å²) in [6.07, 6.45) is 1.55. The molecular weight excluding hydrogens is 401 g/mol. The molecule has 0 spiro atoms. The van der Waals surface area contributed by atoms with Crippen molar-refractivity contribution in [1.29, 1.82) is 0 Å². The summed E-state index contributed by atoms with van der Waals surface area (Å²) in [5.41, 5.74) is 1.04. The van der Waals surface area contributed by atoms with Gasteiger partial charge in [-0.05, 0) is 37.4 Å². The van der Waals surface area contributed by atoms with Crippen LogP contribution in [-0.4, -0.2) is 49.4 Å². The monoisotopic (exact) mass is 427 g/mol. The molecule has 1 aliphatic rings. The number of nitrogens with one attached hydrogen (secondary N) is 1. The lowest BCUT2D eigenvalue weighted by molar-refractivity contribution is -0.122. The maximum atomic E-state index is 14.1. The summed E-state index contributed by atoms with van der Waals surface area (Å²) in [4.78, 5) is 30.6. The van der Waals surface area contributed by atoms with Crippen molar-refractivity contribution < 1.29 is 14.0 Å². The normalized spacial score (nSPS) is 14.9. The second kappa shape index (κ2) is 10.4. The summed E-state index contributed by atoms with van der Waals surface area (Å²) in [5, 5.41) is 2.89. The number of hydrogen-bond acceptors (Lipinski definition) is 4. The Morgan fingerprint density at radius 2 is 1.83 bits per heavy atom. The van der Waals surface area contributed by atoms with Gasteiger partial charge in [-0.25, -0.2) is 4.39 Å². The first-order valence-corrected chi connectivity index (χ1v) is 10.9. The van der Waals surface area contributed by atoms with Crippen molar-refractivity contribution >= 4 is 35.3 Å². The second-order valence-corrected chi connectivity index (χ2v) is 7.95. The van der Waals surface area contributed by atoms with Crippen LogP contribution in [0.15, 0.2) is 58.3 Å². The van der Waals surface area contributed by atoms with Gasteiger partial charge in [0.25, 0.3) is 5.91 Å². The maximum Gasteiger partial charge on any atom is 0.265 e. The number of nitrogens with zero attached hydrogens (tertiary/aromatic N) is 2. The smallest absolute Gasteiger partial charge is 0.265 e. The van der Waals surface area contributed by atoms with Crippen molar-refractivity contribution in [3.05, 3.63) is 64.8 Å². The van der Waals surface area contributed by atoms with Gasteiger partial charge in [-0.3, -0.25) is 14.5 Å². The zero-order valence-electron chi connectivity index (χ0n) is 17.2. The van der Waals surface area contributed by atoms with Gasteiger partial charge in [-0.1, -0.05) is 55.9 Å². The summed E-state index contributed by atoms with van der Waals surface area (Å²) < 4.78 is 14.1. The average molecular weight is 428 g/mol. The van der Waals surface area contributed by atoms with Gasteiger partial charge in [0.1, 0.15) is 12.4 Å². The Hall–Kier alpha value is -2.64. The third-order valence-corrected chi connectivity index (χ3v) is 6.05. The molecule has 0 aromatic heterocycles. The lowest BCUT2D eigenvalue weighted by Crippen LogP contribution is -2.44. The Balaban J connectivity index is 1.78. The van der Waals surface area contributed by atoms with Gasteiger partial charge in [-0.15, -0.1) is 0 Å². The number of benzene rings is 2. The van der Waals surface area contributed by atoms with Crippen molar-refractivity contribution in [2.75, 3.05) is 37.6 Å². The summed E-state index contributed by atoms with van der Waals surface area (Å²) in [6, 6.07) is 13.8. The van der Waals surface area contributed by atoms with Gasteiger partial charge in [0, 0.05) is 23.5 Å². The second-order valence-electron chi connectivity index (χ2n) is 6.87. The molecule has 2 aromatic carbocycles. The van der Waals surface area contributed by atoms with Gasteiger partial charge in [0.05, 0.1) is 10.6 Å². The van der Waals surface area contributed by atoms with E-state index in [9.17, 15) is 14.0 Å². The number of likely N-dealkylation sites (N-methyl/N-ethyl adjacent to an activating group) is 1. The number of carbonyl (C=O) groups is 2. The quantitative estimate of drug-likeness (QED) is 0.652. The summed E-state index contributed by atoms with van der Waals surface area (Å²) in [7, 11) is 0. The molecule has 1 aliphatic heterocycles. The predicted molar refractivity (Wildman–Crippen MR) is 120 cm³/mol. The zero-order valence-corrected chi connectivity index (χ0v) is 18.0. The van der Waals surface area contributed by atoms with Crippen molar-refractivity contribution in [3.8, 4) is 0 Å². The number of fused-ring (bicyclic) bond motifs is 1. The molecule has 1 heterocycles. The van der Waals surface area contributed by atoms with E-state index in [1.165, 1.54) is 22.7 Å². The van der Waals surface area contributed by atoms with E-state index in [1.54, 1.807) is 24.3 Å². The minimum Gasteiger partial charge on any atom is -0.353 e. The van der Waals surface area contributed by atoms with Crippen LogP contribution in [0.5, 0.6) is 0 Å². The Bertz CT molecular complexity index is 944. The molecule has 0 aliphatic carbocycles. The van der Waals surface area contributed by atoms with E-state index in [0.29, 0.717) is 22.7 Å². The number of hydrogen-bond donors (Lipinski definition) is 1. The van der Waals surface area contributed by atoms with Crippen LogP contribution < -0.4 is 10.2 Å². The van der Waals surface area contributed by atoms with Crippen LogP contribution in [0.3, 0.4) is 0 Å². The highest BCUT2D eigenvalue weighted by Gasteiger charge is 2.30. The highest BCUT2D eigenvalue weighted by molar-refractivity contribution is 8.04. The molecule has 2 amide bonds. The number of thioether (sulfide) groups is 1. The van der Waals surface area contributed by atoms with E-state index in [1.807, 2.05) is 24.3 Å². The number of carbonyl (C=O) groups excluding carboxylic acids is 2. The summed E-state index contributed by atoms with van der Waals surface area (Å²) in [5.74, 6) is -0.916. The van der Waals surface area contributed by atoms with Gasteiger partial charge in [-0.2, -0.15) is 0 Å². The highest BCUT2D eigenvalue weighted by atomic mass is 32.2. The maximum absolute atomic E-state index is 14.1. The molecular formula is C23H26FN3O2S. The van der Waals surface area contributed by atoms with Crippen LogP contribution in [0.1, 0.15) is 19.4 Å². The van der Waals surface area contributed by atoms with E-state index in [4.69, 9.17) is 0 Å². The zero-order chi connectivity index (χ0) is 21.5. The average Bonchev–Trinajstić information content (AvgIpc) is 2.75. The van der Waals surface area contributed by atoms with Crippen LogP contribution in [0.2, 0.25) is 0 Å². The Morgan fingerprint density at radius 1 is 1.13 bits per heavy atom. The first-order chi connectivity index (χ1) is 14.5. The fraction of sp³-hybridized carbons (Fsp3) is 0.304. The third-order valence-electron chi connectivity index (χ3n) is 4.97. The molecule has 0 saturated carbocycles. The van der Waals surface area contributed by atoms with Crippen LogP contribution in [0.25, 0.3) is 6.08 Å². The topological polar surface area (TPSA) is 52.7 Å². The van der Waals surface area contributed by atoms with E-state index in [2.05, 4.69) is 24.1 Å². The molecule has 7 heteroatoms. The van der Waals surface area contributed by atoms with Crippen LogP contribution in [-0.2, 0) is 9.59 Å². The molecule has 3 rings (SSSR count). The Kier molecular flexibility index (Phi) is 7.65. The molecule has 2 aromatic rings. The van der Waals surface area contributed by atoms with E-state index >= 15 is 0 Å². The predicted octanol–water partition coefficient (Wildman–Crippen LogP) is 3.76. The number of rotatable bonds is 8. The molecule has 0 atom stereocenters. The lowest BCUT2D eigenvalue weighted by Gasteiger charge is -2.30. The number of amides is 2. The van der Waals surface area contributed by atoms with Gasteiger partial charge in [0.2, 0.25) is 5.91 Å². The minimum absolute atomic E-state index is 0.0801. The standard InChI is InChI=1S/C23H26FN3O2S/c1-3-26(4-2)14-13-25-22(28)16-27-19-11-7-8-12-20(19)30-21(23(27)29)15-17-9-5-6-10-18(17)24/h5-12,15H,3-4,13-14,16H2,1-2H3,(H,25,28). The molecule has 5 nitrogen and oxygen atoms in total. The minimum atomic E-state index is -0.391. The Morgan fingerprint density at radius 3 is 2.57 bits per heavy atom. The Labute approximate surface area is 180 Å². The molecule has 0 bridgehead atoms. The van der Waals surface area contributed by atoms with E-state index < -0.39 is 5.82 Å². The molecule has 30 heavy (non-hydrogen) atoms. The van der Waals surface area contributed by atoms with E-state index in [-0.39, 0.29) is 18.4 Å². The summed E-state index contributed by atoms with van der Waals surface area (Å²) >= 11 is 1.29. The largest absolute Gasteiger partial charge is 0.353 e. The lowest BCUT2D eigenvalue weighted by atomic mass is 10.2. The number of para-hydroxylation sites is 1. The van der Waals surface area contributed by atoms with Crippen molar-refractivity contribution in [2.24, 2.45) is 0 Å². The van der Waals surface area contributed by atoms with Crippen LogP contribution >= 0.6 is 11.8 Å². The molecule has 1 N–H and O–H groups in total. The molecule has 0 radical (unpaired) electrons. The first-order valence-electron chi connectivity index (χ1n) is 10.1. The third kappa shape index (κ3) is 5.29. The number of halogens is 1. The van der Waals surface area contributed by atoms with Gasteiger partial charge < -0.3 is 10.2 Å². The summed E-state index contributed by atoms with van der Waals surface area (Å²) in [6.45, 7) is 7.21. The van der Waals surface area contributed by atoms with Gasteiger partial charge >= 0.3 is 0 Å². The molecule has 0 saturated heterocycles. The number of anilines is 1. The van der Waals surface area contributed by atoms with Crippen LogP contribution in [0, 0.1) is 5.82 Å². The van der Waals surface area contributed by atoms with Crippen molar-refractivity contribution in [2.45, 2.75) is 18.7 Å². The van der Waals surface area contributed by atoms with Crippen molar-refractivity contribution in [1.82, 2.24) is 10.2 Å². The van der Waals surface area contributed by atoms with Crippen molar-refractivity contribution in [3.63, 3.8) is 0 Å². The van der Waals surface area contributed by atoms with Crippen LogP contribution in [0.4, 0.5) is 10.1 Å². The molecule has 0 unspecified atom stereocenters. The molecule has 158 valence electrons. The first kappa shape index (κ1) is 22.1. The highest BCUT2D eigenvalue weighted by Crippen LogP contribution is 2.42. The van der Waals surface area contributed by atoms with E-state index in [0.717, 1.165) is 24.5 Å². The van der Waals surface area contributed by atoms with Gasteiger partial charge in [0.15, 0.2) is 0 Å². The fourth-order valence-corrected chi connectivity index (χ4v) is 4.30.